The zero-order chi connectivity index (χ0) is 20.2. The number of ether oxygens (including phenoxy) is 2. The molecule has 0 aliphatic heterocycles. The standard InChI is InChI=1S/C24H28N2O3/c1-3-29-22-12-11-17(13-23(22)28-2)19(14-26-24(27)16-7-6-8-16)20-15-25-21-10-5-4-9-18(20)21/h4-5,9-13,15-16,19,25H,3,6-8,14H2,1-2H3,(H,26,27). The third kappa shape index (κ3) is 3.95. The summed E-state index contributed by atoms with van der Waals surface area (Å²) in [4.78, 5) is 15.9. The summed E-state index contributed by atoms with van der Waals surface area (Å²) in [5.41, 5.74) is 3.35. The zero-order valence-electron chi connectivity index (χ0n) is 17.0. The van der Waals surface area contributed by atoms with Crippen molar-refractivity contribution in [3.63, 3.8) is 0 Å². The number of fused-ring (bicyclic) bond motifs is 1. The van der Waals surface area contributed by atoms with Crippen molar-refractivity contribution in [3.05, 3.63) is 59.8 Å². The molecule has 0 saturated heterocycles. The number of para-hydroxylation sites is 1. The quantitative estimate of drug-likeness (QED) is 0.588. The van der Waals surface area contributed by atoms with Crippen LogP contribution < -0.4 is 14.8 Å². The fourth-order valence-corrected chi connectivity index (χ4v) is 3.98. The molecule has 1 aliphatic rings. The monoisotopic (exact) mass is 392 g/mol. The molecule has 1 fully saturated rings. The highest BCUT2D eigenvalue weighted by molar-refractivity contribution is 5.84. The van der Waals surface area contributed by atoms with E-state index in [1.165, 1.54) is 10.9 Å². The molecular formula is C24H28N2O3. The molecule has 4 rings (SSSR count). The molecule has 1 atom stereocenters. The number of hydrogen-bond donors (Lipinski definition) is 2. The number of amides is 1. The Morgan fingerprint density at radius 2 is 2.03 bits per heavy atom. The lowest BCUT2D eigenvalue weighted by Crippen LogP contribution is -2.37. The third-order valence-corrected chi connectivity index (χ3v) is 5.84. The Morgan fingerprint density at radius 1 is 1.21 bits per heavy atom. The van der Waals surface area contributed by atoms with Crippen molar-refractivity contribution in [2.45, 2.75) is 32.1 Å². The maximum atomic E-state index is 12.5. The van der Waals surface area contributed by atoms with Gasteiger partial charge in [-0.25, -0.2) is 0 Å². The summed E-state index contributed by atoms with van der Waals surface area (Å²) in [6, 6.07) is 14.3. The van der Waals surface area contributed by atoms with Gasteiger partial charge in [-0.1, -0.05) is 30.7 Å². The third-order valence-electron chi connectivity index (χ3n) is 5.84. The van der Waals surface area contributed by atoms with Gasteiger partial charge in [0.25, 0.3) is 0 Å². The highest BCUT2D eigenvalue weighted by Gasteiger charge is 2.27. The average molecular weight is 392 g/mol. The molecule has 5 nitrogen and oxygen atoms in total. The lowest BCUT2D eigenvalue weighted by molar-refractivity contribution is -0.127. The van der Waals surface area contributed by atoms with Crippen molar-refractivity contribution in [2.24, 2.45) is 5.92 Å². The summed E-state index contributed by atoms with van der Waals surface area (Å²) >= 11 is 0. The Balaban J connectivity index is 1.68. The second-order valence-electron chi connectivity index (χ2n) is 7.56. The molecule has 5 heteroatoms. The van der Waals surface area contributed by atoms with E-state index in [1.807, 2.05) is 37.4 Å². The Labute approximate surface area is 171 Å². The molecule has 1 heterocycles. The van der Waals surface area contributed by atoms with E-state index >= 15 is 0 Å². The SMILES string of the molecule is CCOc1ccc(C(CNC(=O)C2CCC2)c2c[nH]c3ccccc23)cc1OC. The van der Waals surface area contributed by atoms with Crippen LogP contribution >= 0.6 is 0 Å². The fraction of sp³-hybridized carbons (Fsp3) is 0.375. The van der Waals surface area contributed by atoms with E-state index in [9.17, 15) is 4.79 Å². The normalized spacial score (nSPS) is 15.0. The number of hydrogen-bond acceptors (Lipinski definition) is 3. The van der Waals surface area contributed by atoms with Crippen LogP contribution in [0, 0.1) is 5.92 Å². The lowest BCUT2D eigenvalue weighted by atomic mass is 9.84. The highest BCUT2D eigenvalue weighted by Crippen LogP contribution is 2.36. The van der Waals surface area contributed by atoms with Gasteiger partial charge in [0, 0.05) is 35.5 Å². The molecule has 3 aromatic rings. The van der Waals surface area contributed by atoms with Gasteiger partial charge >= 0.3 is 0 Å². The number of H-pyrrole nitrogens is 1. The van der Waals surface area contributed by atoms with E-state index in [2.05, 4.69) is 28.5 Å². The molecule has 1 unspecified atom stereocenters. The van der Waals surface area contributed by atoms with Gasteiger partial charge < -0.3 is 19.8 Å². The Bertz CT molecular complexity index is 991. The summed E-state index contributed by atoms with van der Waals surface area (Å²) in [5.74, 6) is 1.79. The summed E-state index contributed by atoms with van der Waals surface area (Å²) in [5, 5.41) is 4.36. The molecule has 1 aliphatic carbocycles. The number of rotatable bonds is 8. The van der Waals surface area contributed by atoms with Crippen LogP contribution in [-0.2, 0) is 4.79 Å². The fourth-order valence-electron chi connectivity index (χ4n) is 3.98. The van der Waals surface area contributed by atoms with Gasteiger partial charge in [0.2, 0.25) is 5.91 Å². The number of aromatic amines is 1. The average Bonchev–Trinajstić information content (AvgIpc) is 3.12. The first kappa shape index (κ1) is 19.4. The van der Waals surface area contributed by atoms with E-state index in [1.54, 1.807) is 7.11 Å². The largest absolute Gasteiger partial charge is 0.493 e. The van der Waals surface area contributed by atoms with Gasteiger partial charge in [0.05, 0.1) is 13.7 Å². The van der Waals surface area contributed by atoms with Crippen molar-refractivity contribution in [2.75, 3.05) is 20.3 Å². The van der Waals surface area contributed by atoms with Crippen molar-refractivity contribution >= 4 is 16.8 Å². The predicted octanol–water partition coefficient (Wildman–Crippen LogP) is 4.62. The van der Waals surface area contributed by atoms with Crippen LogP contribution in [0.4, 0.5) is 0 Å². The number of nitrogens with one attached hydrogen (secondary N) is 2. The minimum atomic E-state index is 0.0137. The van der Waals surface area contributed by atoms with Crippen molar-refractivity contribution in [1.82, 2.24) is 10.3 Å². The van der Waals surface area contributed by atoms with E-state index in [-0.39, 0.29) is 17.7 Å². The number of aromatic nitrogens is 1. The van der Waals surface area contributed by atoms with E-state index in [0.29, 0.717) is 18.9 Å². The molecule has 2 N–H and O–H groups in total. The highest BCUT2D eigenvalue weighted by atomic mass is 16.5. The number of carbonyl (C=O) groups is 1. The first-order valence-electron chi connectivity index (χ1n) is 10.4. The van der Waals surface area contributed by atoms with Gasteiger partial charge in [-0.15, -0.1) is 0 Å². The second-order valence-corrected chi connectivity index (χ2v) is 7.56. The number of benzene rings is 2. The van der Waals surface area contributed by atoms with Gasteiger partial charge in [0.1, 0.15) is 0 Å². The van der Waals surface area contributed by atoms with Crippen LogP contribution in [-0.4, -0.2) is 31.2 Å². The van der Waals surface area contributed by atoms with E-state index in [4.69, 9.17) is 9.47 Å². The number of methoxy groups -OCH3 is 1. The van der Waals surface area contributed by atoms with Crippen molar-refractivity contribution in [1.29, 1.82) is 0 Å². The van der Waals surface area contributed by atoms with Crippen LogP contribution in [0.15, 0.2) is 48.7 Å². The van der Waals surface area contributed by atoms with Gasteiger partial charge in [-0.05, 0) is 49.1 Å². The Kier molecular flexibility index (Phi) is 5.74. The number of carbonyl (C=O) groups excluding carboxylic acids is 1. The minimum absolute atomic E-state index is 0.0137. The van der Waals surface area contributed by atoms with Gasteiger partial charge in [-0.2, -0.15) is 0 Å². The molecule has 1 aromatic heterocycles. The van der Waals surface area contributed by atoms with Crippen LogP contribution in [0.1, 0.15) is 43.2 Å². The van der Waals surface area contributed by atoms with E-state index < -0.39 is 0 Å². The molecular weight excluding hydrogens is 364 g/mol. The van der Waals surface area contributed by atoms with Crippen molar-refractivity contribution in [3.8, 4) is 11.5 Å². The van der Waals surface area contributed by atoms with Gasteiger partial charge in [-0.3, -0.25) is 4.79 Å². The van der Waals surface area contributed by atoms with Crippen molar-refractivity contribution < 1.29 is 14.3 Å². The topological polar surface area (TPSA) is 63.3 Å². The summed E-state index contributed by atoms with van der Waals surface area (Å²) in [7, 11) is 1.65. The van der Waals surface area contributed by atoms with Crippen LogP contribution in [0.5, 0.6) is 11.5 Å². The Hall–Kier alpha value is -2.95. The maximum Gasteiger partial charge on any atom is 0.223 e. The Morgan fingerprint density at radius 3 is 2.76 bits per heavy atom. The molecule has 29 heavy (non-hydrogen) atoms. The molecule has 2 aromatic carbocycles. The lowest BCUT2D eigenvalue weighted by Gasteiger charge is -2.26. The molecule has 0 radical (unpaired) electrons. The minimum Gasteiger partial charge on any atom is -0.493 e. The molecule has 0 spiro atoms. The molecule has 1 saturated carbocycles. The zero-order valence-corrected chi connectivity index (χ0v) is 17.0. The maximum absolute atomic E-state index is 12.5. The summed E-state index contributed by atoms with van der Waals surface area (Å²) in [6.45, 7) is 3.09. The van der Waals surface area contributed by atoms with Crippen LogP contribution in [0.25, 0.3) is 10.9 Å². The predicted molar refractivity (Wildman–Crippen MR) is 115 cm³/mol. The molecule has 152 valence electrons. The smallest absolute Gasteiger partial charge is 0.223 e. The van der Waals surface area contributed by atoms with Crippen LogP contribution in [0.3, 0.4) is 0 Å². The summed E-state index contributed by atoms with van der Waals surface area (Å²) < 4.78 is 11.2. The van der Waals surface area contributed by atoms with Gasteiger partial charge in [0.15, 0.2) is 11.5 Å². The first-order chi connectivity index (χ1) is 14.2. The van der Waals surface area contributed by atoms with E-state index in [0.717, 1.165) is 36.1 Å². The molecule has 1 amide bonds. The molecule has 0 bridgehead atoms. The van der Waals surface area contributed by atoms with Crippen LogP contribution in [0.2, 0.25) is 0 Å². The summed E-state index contributed by atoms with van der Waals surface area (Å²) in [6.07, 6.45) is 5.20. The first-order valence-corrected chi connectivity index (χ1v) is 10.4. The second kappa shape index (κ2) is 8.60.